The number of nitrogens with zero attached hydrogens (tertiary/aromatic N) is 1. The third kappa shape index (κ3) is 5.09. The van der Waals surface area contributed by atoms with Crippen molar-refractivity contribution in [3.63, 3.8) is 0 Å². The van der Waals surface area contributed by atoms with Gasteiger partial charge in [0.15, 0.2) is 0 Å². The minimum atomic E-state index is -0.367. The summed E-state index contributed by atoms with van der Waals surface area (Å²) in [5.41, 5.74) is 1.04. The molecule has 28 heavy (non-hydrogen) atoms. The molecule has 1 aliphatic rings. The molecule has 148 valence electrons. The van der Waals surface area contributed by atoms with Gasteiger partial charge in [-0.15, -0.1) is 0 Å². The van der Waals surface area contributed by atoms with Crippen molar-refractivity contribution in [1.82, 2.24) is 10.2 Å². The van der Waals surface area contributed by atoms with E-state index in [-0.39, 0.29) is 29.7 Å². The molecule has 0 spiro atoms. The van der Waals surface area contributed by atoms with E-state index in [0.29, 0.717) is 29.4 Å². The molecule has 0 bridgehead atoms. The van der Waals surface area contributed by atoms with Crippen LogP contribution in [0.1, 0.15) is 30.1 Å². The van der Waals surface area contributed by atoms with Crippen LogP contribution in [0.5, 0.6) is 0 Å². The molecule has 1 aliphatic heterocycles. The Morgan fingerprint density at radius 2 is 1.75 bits per heavy atom. The number of carbonyl (C=O) groups excluding carboxylic acids is 2. The molecule has 2 aromatic rings. The van der Waals surface area contributed by atoms with E-state index in [4.69, 9.17) is 11.6 Å². The molecule has 1 fully saturated rings. The lowest BCUT2D eigenvalue weighted by Gasteiger charge is -2.35. The maximum atomic E-state index is 13.0. The van der Waals surface area contributed by atoms with Crippen molar-refractivity contribution in [2.24, 2.45) is 0 Å². The number of likely N-dealkylation sites (tertiary alicyclic amines) is 1. The molecule has 2 N–H and O–H groups in total. The number of hydrogen-bond donors (Lipinski definition) is 2. The molecule has 5 nitrogen and oxygen atoms in total. The zero-order valence-electron chi connectivity index (χ0n) is 15.6. The summed E-state index contributed by atoms with van der Waals surface area (Å²) in [6, 6.07) is 12.4. The fourth-order valence-electron chi connectivity index (χ4n) is 3.27. The summed E-state index contributed by atoms with van der Waals surface area (Å²) in [5.74, 6) is -0.682. The Labute approximate surface area is 168 Å². The highest BCUT2D eigenvalue weighted by atomic mass is 35.5. The maximum Gasteiger partial charge on any atom is 0.251 e. The third-order valence-electron chi connectivity index (χ3n) is 5.03. The first-order valence-electron chi connectivity index (χ1n) is 9.30. The molecule has 3 rings (SSSR count). The Kier molecular flexibility index (Phi) is 6.65. The van der Waals surface area contributed by atoms with Gasteiger partial charge in [0.2, 0.25) is 5.91 Å². The first-order valence-corrected chi connectivity index (χ1v) is 9.67. The Morgan fingerprint density at radius 1 is 1.11 bits per heavy atom. The molecular weight excluding hydrogens is 381 g/mol. The molecule has 1 saturated heterocycles. The van der Waals surface area contributed by atoms with Gasteiger partial charge < -0.3 is 10.6 Å². The number of para-hydroxylation sites is 1. The second-order valence-electron chi connectivity index (χ2n) is 6.94. The van der Waals surface area contributed by atoms with Crippen molar-refractivity contribution in [2.45, 2.75) is 31.8 Å². The predicted molar refractivity (Wildman–Crippen MR) is 108 cm³/mol. The average Bonchev–Trinajstić information content (AvgIpc) is 2.70. The number of piperidine rings is 1. The van der Waals surface area contributed by atoms with Crippen LogP contribution in [-0.4, -0.2) is 41.9 Å². The standard InChI is InChI=1S/C21H23ClFN3O2/c1-14(20(27)25-19-5-3-2-4-18(19)22)26-12-10-17(11-13-26)24-21(28)15-6-8-16(23)9-7-15/h2-9,14,17H,10-13H2,1H3,(H,24,28)(H,25,27). The van der Waals surface area contributed by atoms with Gasteiger partial charge in [-0.3, -0.25) is 14.5 Å². The summed E-state index contributed by atoms with van der Waals surface area (Å²) in [5, 5.41) is 6.35. The topological polar surface area (TPSA) is 61.4 Å². The molecule has 1 atom stereocenters. The first kappa shape index (κ1) is 20.3. The van der Waals surface area contributed by atoms with E-state index in [2.05, 4.69) is 15.5 Å². The van der Waals surface area contributed by atoms with Crippen molar-refractivity contribution in [3.05, 3.63) is 64.9 Å². The van der Waals surface area contributed by atoms with Gasteiger partial charge in [0.1, 0.15) is 5.82 Å². The zero-order valence-corrected chi connectivity index (χ0v) is 16.4. The molecule has 0 aliphatic carbocycles. The van der Waals surface area contributed by atoms with Crippen molar-refractivity contribution in [3.8, 4) is 0 Å². The van der Waals surface area contributed by atoms with Crippen LogP contribution in [-0.2, 0) is 4.79 Å². The molecule has 0 aromatic heterocycles. The second-order valence-corrected chi connectivity index (χ2v) is 7.34. The first-order chi connectivity index (χ1) is 13.4. The van der Waals surface area contributed by atoms with Gasteiger partial charge in [-0.25, -0.2) is 4.39 Å². The van der Waals surface area contributed by atoms with Crippen LogP contribution in [0, 0.1) is 5.82 Å². The molecule has 2 amide bonds. The van der Waals surface area contributed by atoms with Crippen LogP contribution in [0.25, 0.3) is 0 Å². The monoisotopic (exact) mass is 403 g/mol. The van der Waals surface area contributed by atoms with Crippen molar-refractivity contribution in [1.29, 1.82) is 0 Å². The van der Waals surface area contributed by atoms with Gasteiger partial charge in [0.25, 0.3) is 5.91 Å². The normalized spacial score (nSPS) is 16.4. The van der Waals surface area contributed by atoms with E-state index in [9.17, 15) is 14.0 Å². The number of hydrogen-bond acceptors (Lipinski definition) is 3. The van der Waals surface area contributed by atoms with Crippen LogP contribution in [0.2, 0.25) is 5.02 Å². The molecule has 2 aromatic carbocycles. The lowest BCUT2D eigenvalue weighted by Crippen LogP contribution is -2.50. The lowest BCUT2D eigenvalue weighted by molar-refractivity contribution is -0.121. The highest BCUT2D eigenvalue weighted by Crippen LogP contribution is 2.21. The summed E-state index contributed by atoms with van der Waals surface area (Å²) < 4.78 is 13.0. The van der Waals surface area contributed by atoms with E-state index in [1.54, 1.807) is 12.1 Å². The number of halogens is 2. The van der Waals surface area contributed by atoms with Crippen molar-refractivity contribution < 1.29 is 14.0 Å². The number of rotatable bonds is 5. The van der Waals surface area contributed by atoms with Crippen LogP contribution in [0.4, 0.5) is 10.1 Å². The summed E-state index contributed by atoms with van der Waals surface area (Å²) >= 11 is 6.10. The van der Waals surface area contributed by atoms with E-state index < -0.39 is 0 Å². The summed E-state index contributed by atoms with van der Waals surface area (Å²) in [7, 11) is 0. The molecule has 0 saturated carbocycles. The van der Waals surface area contributed by atoms with Crippen molar-refractivity contribution >= 4 is 29.1 Å². The summed E-state index contributed by atoms with van der Waals surface area (Å²) in [6.45, 7) is 3.26. The number of carbonyl (C=O) groups is 2. The number of amides is 2. The van der Waals surface area contributed by atoms with Gasteiger partial charge in [-0.05, 0) is 56.2 Å². The minimum Gasteiger partial charge on any atom is -0.349 e. The molecular formula is C21H23ClFN3O2. The van der Waals surface area contributed by atoms with Gasteiger partial charge >= 0.3 is 0 Å². The second kappa shape index (κ2) is 9.17. The summed E-state index contributed by atoms with van der Waals surface area (Å²) in [6.07, 6.45) is 1.49. The molecule has 1 unspecified atom stereocenters. The molecule has 7 heteroatoms. The summed E-state index contributed by atoms with van der Waals surface area (Å²) in [4.78, 5) is 26.9. The fourth-order valence-corrected chi connectivity index (χ4v) is 3.45. The van der Waals surface area contributed by atoms with Gasteiger partial charge in [0, 0.05) is 24.7 Å². The van der Waals surface area contributed by atoms with Crippen LogP contribution in [0.3, 0.4) is 0 Å². The maximum absolute atomic E-state index is 13.0. The van der Waals surface area contributed by atoms with E-state index in [0.717, 1.165) is 12.8 Å². The van der Waals surface area contributed by atoms with Crippen LogP contribution >= 0.6 is 11.6 Å². The van der Waals surface area contributed by atoms with Crippen LogP contribution < -0.4 is 10.6 Å². The Bertz CT molecular complexity index is 836. The fraction of sp³-hybridized carbons (Fsp3) is 0.333. The quantitative estimate of drug-likeness (QED) is 0.800. The number of benzene rings is 2. The number of nitrogens with one attached hydrogen (secondary N) is 2. The largest absolute Gasteiger partial charge is 0.349 e. The highest BCUT2D eigenvalue weighted by Gasteiger charge is 2.27. The predicted octanol–water partition coefficient (Wildman–Crippen LogP) is 3.70. The van der Waals surface area contributed by atoms with E-state index in [1.165, 1.54) is 24.3 Å². The van der Waals surface area contributed by atoms with Crippen molar-refractivity contribution in [2.75, 3.05) is 18.4 Å². The van der Waals surface area contributed by atoms with Gasteiger partial charge in [0.05, 0.1) is 16.8 Å². The molecule has 1 heterocycles. The smallest absolute Gasteiger partial charge is 0.251 e. The highest BCUT2D eigenvalue weighted by molar-refractivity contribution is 6.33. The van der Waals surface area contributed by atoms with Gasteiger partial charge in [-0.1, -0.05) is 23.7 Å². The van der Waals surface area contributed by atoms with E-state index in [1.807, 2.05) is 19.1 Å². The lowest BCUT2D eigenvalue weighted by atomic mass is 10.0. The molecule has 0 radical (unpaired) electrons. The van der Waals surface area contributed by atoms with Gasteiger partial charge in [-0.2, -0.15) is 0 Å². The SMILES string of the molecule is CC(C(=O)Nc1ccccc1Cl)N1CCC(NC(=O)c2ccc(F)cc2)CC1. The van der Waals surface area contributed by atoms with E-state index >= 15 is 0 Å². The van der Waals surface area contributed by atoms with Crippen LogP contribution in [0.15, 0.2) is 48.5 Å². The zero-order chi connectivity index (χ0) is 20.1. The minimum absolute atomic E-state index is 0.0348. The Hall–Kier alpha value is -2.44. The Morgan fingerprint density at radius 3 is 2.39 bits per heavy atom. The Balaban J connectivity index is 1.49. The number of anilines is 1. The average molecular weight is 404 g/mol. The third-order valence-corrected chi connectivity index (χ3v) is 5.36.